The molecule has 1 N–H and O–H groups in total. The van der Waals surface area contributed by atoms with Crippen molar-refractivity contribution in [2.45, 2.75) is 46.1 Å². The lowest BCUT2D eigenvalue weighted by Crippen LogP contribution is -2.35. The van der Waals surface area contributed by atoms with Crippen LogP contribution in [-0.4, -0.2) is 16.0 Å². The average Bonchev–Trinajstić information content (AvgIpc) is 2.65. The van der Waals surface area contributed by atoms with Crippen LogP contribution in [0.15, 0.2) is 48.5 Å². The molecule has 1 aromatic heterocycles. The summed E-state index contributed by atoms with van der Waals surface area (Å²) in [4.78, 5) is 9.77. The van der Waals surface area contributed by atoms with E-state index in [4.69, 9.17) is 9.97 Å². The van der Waals surface area contributed by atoms with Crippen LogP contribution in [0.3, 0.4) is 0 Å². The van der Waals surface area contributed by atoms with Crippen LogP contribution in [0.5, 0.6) is 0 Å². The largest absolute Gasteiger partial charge is 0.366 e. The first-order valence-corrected chi connectivity index (χ1v) is 9.72. The van der Waals surface area contributed by atoms with Crippen LogP contribution in [-0.2, 0) is 0 Å². The Bertz CT molecular complexity index is 918. The molecule has 4 rings (SSSR count). The van der Waals surface area contributed by atoms with E-state index in [9.17, 15) is 0 Å². The summed E-state index contributed by atoms with van der Waals surface area (Å²) in [6.07, 6.45) is 3.83. The Kier molecular flexibility index (Phi) is 4.62. The maximum Gasteiger partial charge on any atom is 0.162 e. The zero-order valence-corrected chi connectivity index (χ0v) is 15.9. The van der Waals surface area contributed by atoms with Gasteiger partial charge in [0.2, 0.25) is 0 Å². The molecule has 1 saturated carbocycles. The number of aryl methyl sites for hydroxylation is 1. The first-order valence-electron chi connectivity index (χ1n) is 9.72. The summed E-state index contributed by atoms with van der Waals surface area (Å²) in [6, 6.07) is 17.2. The molecule has 3 heteroatoms. The van der Waals surface area contributed by atoms with E-state index in [1.54, 1.807) is 0 Å². The quantitative estimate of drug-likeness (QED) is 0.648. The lowest BCUT2D eigenvalue weighted by atomic mass is 9.78. The maximum atomic E-state index is 4.94. The Balaban J connectivity index is 1.77. The average molecular weight is 345 g/mol. The lowest BCUT2D eigenvalue weighted by molar-refractivity contribution is 0.253. The molecule has 2 aromatic carbocycles. The Morgan fingerprint density at radius 2 is 1.81 bits per heavy atom. The van der Waals surface area contributed by atoms with Gasteiger partial charge >= 0.3 is 0 Å². The topological polar surface area (TPSA) is 37.8 Å². The molecule has 1 aliphatic carbocycles. The van der Waals surface area contributed by atoms with Crippen molar-refractivity contribution >= 4 is 16.7 Å². The second-order valence-corrected chi connectivity index (χ2v) is 7.80. The highest BCUT2D eigenvalue weighted by molar-refractivity contribution is 5.90. The second kappa shape index (κ2) is 7.06. The van der Waals surface area contributed by atoms with Crippen molar-refractivity contribution in [2.75, 3.05) is 5.32 Å². The van der Waals surface area contributed by atoms with Gasteiger partial charge in [0.1, 0.15) is 5.82 Å². The van der Waals surface area contributed by atoms with E-state index >= 15 is 0 Å². The number of fused-ring (bicyclic) bond motifs is 1. The molecule has 0 saturated heterocycles. The van der Waals surface area contributed by atoms with E-state index in [2.05, 4.69) is 68.6 Å². The molecule has 26 heavy (non-hydrogen) atoms. The molecule has 1 fully saturated rings. The molecule has 1 heterocycles. The predicted molar refractivity (Wildman–Crippen MR) is 109 cm³/mol. The highest BCUT2D eigenvalue weighted by Gasteiger charge is 2.27. The Hall–Kier alpha value is -2.42. The number of hydrogen-bond acceptors (Lipinski definition) is 3. The zero-order chi connectivity index (χ0) is 18.1. The van der Waals surface area contributed by atoms with E-state index in [-0.39, 0.29) is 0 Å². The summed E-state index contributed by atoms with van der Waals surface area (Å²) in [5.41, 5.74) is 3.30. The van der Waals surface area contributed by atoms with Gasteiger partial charge in [0, 0.05) is 17.0 Å². The Morgan fingerprint density at radius 1 is 0.962 bits per heavy atom. The summed E-state index contributed by atoms with van der Waals surface area (Å²) in [5.74, 6) is 3.18. The molecule has 1 aliphatic rings. The molecule has 134 valence electrons. The summed E-state index contributed by atoms with van der Waals surface area (Å²) in [5, 5.41) is 4.88. The number of benzene rings is 2. The number of para-hydroxylation sites is 1. The van der Waals surface area contributed by atoms with Gasteiger partial charge in [-0.05, 0) is 43.4 Å². The zero-order valence-electron chi connectivity index (χ0n) is 15.9. The number of nitrogens with one attached hydrogen (secondary N) is 1. The lowest BCUT2D eigenvalue weighted by Gasteiger charge is -2.35. The van der Waals surface area contributed by atoms with Gasteiger partial charge in [-0.1, -0.05) is 62.6 Å². The van der Waals surface area contributed by atoms with Crippen LogP contribution < -0.4 is 5.32 Å². The first kappa shape index (κ1) is 17.0. The van der Waals surface area contributed by atoms with Crippen LogP contribution in [0.1, 0.15) is 38.7 Å². The number of rotatable bonds is 3. The van der Waals surface area contributed by atoms with Gasteiger partial charge in [-0.2, -0.15) is 0 Å². The Morgan fingerprint density at radius 3 is 2.65 bits per heavy atom. The maximum absolute atomic E-state index is 4.94. The fourth-order valence-corrected chi connectivity index (χ4v) is 4.06. The van der Waals surface area contributed by atoms with Crippen LogP contribution in [0, 0.1) is 18.8 Å². The van der Waals surface area contributed by atoms with Gasteiger partial charge in [-0.3, -0.25) is 0 Å². The summed E-state index contributed by atoms with van der Waals surface area (Å²) in [6.45, 7) is 6.84. The van der Waals surface area contributed by atoms with E-state index in [1.165, 1.54) is 24.8 Å². The third kappa shape index (κ3) is 3.31. The minimum Gasteiger partial charge on any atom is -0.366 e. The predicted octanol–water partition coefficient (Wildman–Crippen LogP) is 5.84. The summed E-state index contributed by atoms with van der Waals surface area (Å²) in [7, 11) is 0. The molecule has 3 atom stereocenters. The van der Waals surface area contributed by atoms with E-state index in [1.807, 2.05) is 6.07 Å². The number of nitrogens with zero attached hydrogens (tertiary/aromatic N) is 2. The minimum atomic E-state index is 0.474. The molecule has 0 radical (unpaired) electrons. The van der Waals surface area contributed by atoms with E-state index in [0.29, 0.717) is 12.0 Å². The van der Waals surface area contributed by atoms with Crippen LogP contribution in [0.25, 0.3) is 22.3 Å². The Labute approximate surface area is 155 Å². The van der Waals surface area contributed by atoms with Crippen molar-refractivity contribution < 1.29 is 0 Å². The molecular formula is C23H27N3. The third-order valence-corrected chi connectivity index (χ3v) is 5.91. The summed E-state index contributed by atoms with van der Waals surface area (Å²) < 4.78 is 0. The van der Waals surface area contributed by atoms with E-state index in [0.717, 1.165) is 34.0 Å². The van der Waals surface area contributed by atoms with Crippen molar-refractivity contribution in [1.29, 1.82) is 0 Å². The molecule has 0 unspecified atom stereocenters. The number of aromatic nitrogens is 2. The fraction of sp³-hybridized carbons (Fsp3) is 0.391. The van der Waals surface area contributed by atoms with Gasteiger partial charge in [0.05, 0.1) is 5.52 Å². The van der Waals surface area contributed by atoms with E-state index < -0.39 is 0 Å². The first-order chi connectivity index (χ1) is 12.6. The van der Waals surface area contributed by atoms with Gasteiger partial charge in [0.15, 0.2) is 5.82 Å². The molecule has 0 amide bonds. The van der Waals surface area contributed by atoms with Crippen molar-refractivity contribution in [2.24, 2.45) is 11.8 Å². The number of anilines is 1. The van der Waals surface area contributed by atoms with Gasteiger partial charge in [-0.15, -0.1) is 0 Å². The van der Waals surface area contributed by atoms with Gasteiger partial charge < -0.3 is 5.32 Å². The summed E-state index contributed by atoms with van der Waals surface area (Å²) >= 11 is 0. The van der Waals surface area contributed by atoms with Crippen LogP contribution in [0.4, 0.5) is 5.82 Å². The van der Waals surface area contributed by atoms with Crippen molar-refractivity contribution in [3.63, 3.8) is 0 Å². The van der Waals surface area contributed by atoms with Gasteiger partial charge in [-0.25, -0.2) is 9.97 Å². The smallest absolute Gasteiger partial charge is 0.162 e. The third-order valence-electron chi connectivity index (χ3n) is 5.91. The van der Waals surface area contributed by atoms with Crippen molar-refractivity contribution in [1.82, 2.24) is 9.97 Å². The molecule has 0 spiro atoms. The van der Waals surface area contributed by atoms with Crippen LogP contribution in [0.2, 0.25) is 0 Å². The monoisotopic (exact) mass is 345 g/mol. The molecule has 0 aliphatic heterocycles. The SMILES string of the molecule is Cc1cccc(-c2nc(N[C@@H]3CCC[C@H](C)[C@H]3C)c3ccccc3n2)c1. The highest BCUT2D eigenvalue weighted by Crippen LogP contribution is 2.33. The molecule has 3 aromatic rings. The minimum absolute atomic E-state index is 0.474. The molecular weight excluding hydrogens is 318 g/mol. The molecule has 3 nitrogen and oxygen atoms in total. The van der Waals surface area contributed by atoms with Crippen molar-refractivity contribution in [3.8, 4) is 11.4 Å². The molecule has 0 bridgehead atoms. The fourth-order valence-electron chi connectivity index (χ4n) is 4.06. The number of hydrogen-bond donors (Lipinski definition) is 1. The standard InChI is InChI=1S/C23H27N3/c1-15-8-6-10-18(14-15)22-25-21-12-5-4-11-19(21)23(26-22)24-20-13-7-9-16(2)17(20)3/h4-6,8,10-12,14,16-17,20H,7,9,13H2,1-3H3,(H,24,25,26)/t16-,17+,20+/m0/s1. The van der Waals surface area contributed by atoms with Crippen molar-refractivity contribution in [3.05, 3.63) is 54.1 Å². The highest BCUT2D eigenvalue weighted by atomic mass is 15.1. The second-order valence-electron chi connectivity index (χ2n) is 7.80. The van der Waals surface area contributed by atoms with Gasteiger partial charge in [0.25, 0.3) is 0 Å². The van der Waals surface area contributed by atoms with Crippen LogP contribution >= 0.6 is 0 Å². The normalized spacial score (nSPS) is 23.1.